The van der Waals surface area contributed by atoms with E-state index in [1.54, 1.807) is 36.5 Å². The van der Waals surface area contributed by atoms with Gasteiger partial charge in [-0.25, -0.2) is 0 Å². The van der Waals surface area contributed by atoms with E-state index in [4.69, 9.17) is 23.8 Å². The third kappa shape index (κ3) is 4.23. The van der Waals surface area contributed by atoms with Gasteiger partial charge in [0.05, 0.1) is 11.2 Å². The van der Waals surface area contributed by atoms with E-state index in [1.165, 1.54) is 6.92 Å². The third-order valence-corrected chi connectivity index (χ3v) is 4.00. The minimum absolute atomic E-state index is 0.0265. The zero-order chi connectivity index (χ0) is 17.8. The van der Waals surface area contributed by atoms with Gasteiger partial charge in [0.1, 0.15) is 0 Å². The molecule has 1 aromatic heterocycles. The van der Waals surface area contributed by atoms with Gasteiger partial charge in [-0.05, 0) is 67.7 Å². The van der Waals surface area contributed by atoms with Gasteiger partial charge in [-0.3, -0.25) is 20.6 Å². The van der Waals surface area contributed by atoms with Crippen LogP contribution in [0.2, 0.25) is 5.02 Å². The van der Waals surface area contributed by atoms with E-state index in [2.05, 4.69) is 21.2 Å². The molecule has 0 amide bonds. The Labute approximate surface area is 155 Å². The van der Waals surface area contributed by atoms with Crippen molar-refractivity contribution in [3.63, 3.8) is 0 Å². The number of nitrogens with one attached hydrogen (secondary N) is 3. The lowest BCUT2D eigenvalue weighted by Crippen LogP contribution is -2.33. The number of aromatic nitrogens is 1. The van der Waals surface area contributed by atoms with Gasteiger partial charge in [-0.2, -0.15) is 0 Å². The van der Waals surface area contributed by atoms with Gasteiger partial charge >= 0.3 is 0 Å². The highest BCUT2D eigenvalue weighted by Crippen LogP contribution is 2.23. The van der Waals surface area contributed by atoms with E-state index in [0.717, 1.165) is 22.3 Å². The Morgan fingerprint density at radius 1 is 1.12 bits per heavy atom. The van der Waals surface area contributed by atoms with Gasteiger partial charge in [0.15, 0.2) is 10.9 Å². The highest BCUT2D eigenvalue weighted by atomic mass is 35.5. The molecule has 0 spiro atoms. The molecule has 3 rings (SSSR count). The summed E-state index contributed by atoms with van der Waals surface area (Å²) in [5.41, 5.74) is 9.07. The number of anilines is 2. The molecule has 0 aliphatic rings. The first kappa shape index (κ1) is 17.1. The van der Waals surface area contributed by atoms with Gasteiger partial charge in [0, 0.05) is 27.9 Å². The lowest BCUT2D eigenvalue weighted by molar-refractivity contribution is 0.101. The van der Waals surface area contributed by atoms with Gasteiger partial charge in [0.2, 0.25) is 0 Å². The van der Waals surface area contributed by atoms with Crippen LogP contribution >= 0.6 is 23.8 Å². The van der Waals surface area contributed by atoms with Crippen molar-refractivity contribution in [2.75, 3.05) is 10.7 Å². The van der Waals surface area contributed by atoms with Crippen LogP contribution in [0.15, 0.2) is 54.7 Å². The number of ketones is 1. The summed E-state index contributed by atoms with van der Waals surface area (Å²) in [5.74, 6) is 0.0265. The van der Waals surface area contributed by atoms with E-state index in [1.807, 2.05) is 18.2 Å². The Morgan fingerprint density at radius 3 is 2.60 bits per heavy atom. The molecular weight excluding hydrogens is 356 g/mol. The summed E-state index contributed by atoms with van der Waals surface area (Å²) < 4.78 is 0. The average molecular weight is 371 g/mol. The van der Waals surface area contributed by atoms with Crippen LogP contribution in [0.4, 0.5) is 11.4 Å². The predicted octanol–water partition coefficient (Wildman–Crippen LogP) is 4.40. The summed E-state index contributed by atoms with van der Waals surface area (Å²) in [5, 5.41) is 5.00. The largest absolute Gasteiger partial charge is 0.331 e. The molecule has 2 aromatic carbocycles. The Bertz CT molecular complexity index is 943. The number of carbonyl (C=O) groups is 1. The molecule has 0 aliphatic heterocycles. The van der Waals surface area contributed by atoms with Crippen LogP contribution in [0.1, 0.15) is 17.3 Å². The second-order valence-corrected chi connectivity index (χ2v) is 6.20. The van der Waals surface area contributed by atoms with Gasteiger partial charge in [-0.15, -0.1) is 0 Å². The summed E-state index contributed by atoms with van der Waals surface area (Å²) in [4.78, 5) is 15.6. The topological polar surface area (TPSA) is 66.1 Å². The van der Waals surface area contributed by atoms with E-state index in [9.17, 15) is 4.79 Å². The van der Waals surface area contributed by atoms with Crippen LogP contribution in [0.5, 0.6) is 0 Å². The van der Waals surface area contributed by atoms with Gasteiger partial charge in [-0.1, -0.05) is 11.6 Å². The van der Waals surface area contributed by atoms with Crippen LogP contribution in [-0.4, -0.2) is 15.9 Å². The smallest absolute Gasteiger partial charge is 0.189 e. The molecule has 5 nitrogen and oxygen atoms in total. The molecule has 0 fully saturated rings. The van der Waals surface area contributed by atoms with E-state index < -0.39 is 0 Å². The quantitative estimate of drug-likeness (QED) is 0.359. The van der Waals surface area contributed by atoms with Crippen molar-refractivity contribution in [1.29, 1.82) is 0 Å². The fourth-order valence-corrected chi connectivity index (χ4v) is 2.64. The number of nitrogens with zero attached hydrogens (tertiary/aromatic N) is 1. The van der Waals surface area contributed by atoms with Crippen molar-refractivity contribution in [3.8, 4) is 0 Å². The van der Waals surface area contributed by atoms with Crippen LogP contribution in [-0.2, 0) is 0 Å². The summed E-state index contributed by atoms with van der Waals surface area (Å²) in [6, 6.07) is 14.4. The van der Waals surface area contributed by atoms with E-state index in [-0.39, 0.29) is 5.78 Å². The molecule has 0 saturated heterocycles. The molecular formula is C18H15ClN4OS. The number of rotatable bonds is 4. The molecule has 0 atom stereocenters. The first-order valence-corrected chi connectivity index (χ1v) is 8.30. The van der Waals surface area contributed by atoms with Crippen molar-refractivity contribution in [2.45, 2.75) is 6.92 Å². The summed E-state index contributed by atoms with van der Waals surface area (Å²) in [6.45, 7) is 1.53. The number of halogens is 1. The molecule has 0 aliphatic carbocycles. The van der Waals surface area contributed by atoms with Crippen molar-refractivity contribution in [1.82, 2.24) is 10.4 Å². The maximum atomic E-state index is 11.3. The average Bonchev–Trinajstić information content (AvgIpc) is 2.60. The van der Waals surface area contributed by atoms with Crippen molar-refractivity contribution in [3.05, 3.63) is 65.3 Å². The number of pyridine rings is 1. The number of carbonyl (C=O) groups excluding carboxylic acids is 1. The number of hydrogen-bond acceptors (Lipinski definition) is 4. The van der Waals surface area contributed by atoms with Crippen LogP contribution in [0.25, 0.3) is 10.9 Å². The zero-order valence-electron chi connectivity index (χ0n) is 13.3. The molecule has 0 radical (unpaired) electrons. The Hall–Kier alpha value is -2.70. The molecule has 3 N–H and O–H groups in total. The lowest BCUT2D eigenvalue weighted by atomic mass is 10.1. The van der Waals surface area contributed by atoms with Crippen molar-refractivity contribution < 1.29 is 4.79 Å². The second kappa shape index (κ2) is 7.46. The Balaban J connectivity index is 1.65. The molecule has 0 saturated carbocycles. The zero-order valence-corrected chi connectivity index (χ0v) is 14.9. The minimum atomic E-state index is 0.0265. The fourth-order valence-electron chi connectivity index (χ4n) is 2.30. The van der Waals surface area contributed by atoms with E-state index in [0.29, 0.717) is 15.7 Å². The monoisotopic (exact) mass is 370 g/mol. The Kier molecular flexibility index (Phi) is 5.11. The normalized spacial score (nSPS) is 10.3. The molecule has 0 bridgehead atoms. The standard InChI is InChI=1S/C18H15ClN4OS/c1-11(24)12-2-5-14(6-3-12)21-18(25)23-22-16-8-9-20-17-10-13(19)4-7-15(16)17/h2-10H,1H3,(H,20,22)(H2,21,23,25). The van der Waals surface area contributed by atoms with Crippen LogP contribution in [0.3, 0.4) is 0 Å². The molecule has 0 unspecified atom stereocenters. The van der Waals surface area contributed by atoms with E-state index >= 15 is 0 Å². The highest BCUT2D eigenvalue weighted by molar-refractivity contribution is 7.80. The highest BCUT2D eigenvalue weighted by Gasteiger charge is 2.04. The van der Waals surface area contributed by atoms with Crippen LogP contribution in [0, 0.1) is 0 Å². The maximum absolute atomic E-state index is 11.3. The molecule has 3 aromatic rings. The predicted molar refractivity (Wildman–Crippen MR) is 106 cm³/mol. The molecule has 1 heterocycles. The molecule has 126 valence electrons. The van der Waals surface area contributed by atoms with Crippen molar-refractivity contribution in [2.24, 2.45) is 0 Å². The summed E-state index contributed by atoms with van der Waals surface area (Å²) >= 11 is 11.3. The lowest BCUT2D eigenvalue weighted by Gasteiger charge is -2.14. The number of fused-ring (bicyclic) bond motifs is 1. The number of thiocarbonyl (C=S) groups is 1. The first-order chi connectivity index (χ1) is 12.0. The summed E-state index contributed by atoms with van der Waals surface area (Å²) in [6.07, 6.45) is 1.69. The SMILES string of the molecule is CC(=O)c1ccc(NC(=S)NNc2ccnc3cc(Cl)ccc23)cc1. The first-order valence-electron chi connectivity index (χ1n) is 7.51. The fraction of sp³-hybridized carbons (Fsp3) is 0.0556. The molecule has 25 heavy (non-hydrogen) atoms. The number of hydrazine groups is 1. The maximum Gasteiger partial charge on any atom is 0.189 e. The number of hydrogen-bond donors (Lipinski definition) is 3. The Morgan fingerprint density at radius 2 is 1.88 bits per heavy atom. The molecule has 7 heteroatoms. The van der Waals surface area contributed by atoms with Crippen LogP contribution < -0.4 is 16.2 Å². The third-order valence-electron chi connectivity index (χ3n) is 3.56. The van der Waals surface area contributed by atoms with Crippen molar-refractivity contribution >= 4 is 57.0 Å². The number of benzene rings is 2. The number of Topliss-reactive ketones (excluding diaryl/α,β-unsaturated/α-hetero) is 1. The van der Waals surface area contributed by atoms with Gasteiger partial charge in [0.25, 0.3) is 0 Å². The second-order valence-electron chi connectivity index (χ2n) is 5.36. The van der Waals surface area contributed by atoms with Gasteiger partial charge < -0.3 is 5.32 Å². The summed E-state index contributed by atoms with van der Waals surface area (Å²) in [7, 11) is 0. The minimum Gasteiger partial charge on any atom is -0.331 e.